The van der Waals surface area contributed by atoms with Gasteiger partial charge in [0.25, 0.3) is 0 Å². The van der Waals surface area contributed by atoms with E-state index in [4.69, 9.17) is 10.2 Å². The highest BCUT2D eigenvalue weighted by molar-refractivity contribution is 5.82. The minimum Gasteiger partial charge on any atom is -0.417 e. The molecule has 0 spiro atoms. The molecule has 1 saturated carbocycles. The maximum atomic E-state index is 11.8. The molecule has 3 atom stereocenters. The summed E-state index contributed by atoms with van der Waals surface area (Å²) in [5.74, 6) is 0.984. The Kier molecular flexibility index (Phi) is 3.69. The number of nitrogens with zero attached hydrogens (tertiary/aromatic N) is 1. The van der Waals surface area contributed by atoms with Gasteiger partial charge < -0.3 is 25.2 Å². The third-order valence-corrected chi connectivity index (χ3v) is 4.26. The molecule has 1 saturated heterocycles. The highest BCUT2D eigenvalue weighted by Crippen LogP contribution is 2.61. The minimum atomic E-state index is -1.56. The Balaban J connectivity index is 1.68. The largest absolute Gasteiger partial charge is 0.417 e. The predicted octanol–water partition coefficient (Wildman–Crippen LogP) is -0.862. The lowest BCUT2D eigenvalue weighted by Crippen LogP contribution is -2.42. The van der Waals surface area contributed by atoms with E-state index < -0.39 is 19.0 Å². The normalized spacial score (nSPS) is 28.5. The average molecular weight is 272 g/mol. The Hall–Kier alpha value is -1.34. The minimum absolute atomic E-state index is 0.154. The molecule has 0 aromatic rings. The van der Waals surface area contributed by atoms with Gasteiger partial charge in [0.2, 0.25) is 12.2 Å². The van der Waals surface area contributed by atoms with Gasteiger partial charge in [-0.15, -0.1) is 0 Å². The molecule has 1 heterocycles. The highest BCUT2D eigenvalue weighted by Gasteiger charge is 2.62. The van der Waals surface area contributed by atoms with Gasteiger partial charge in [-0.2, -0.15) is 0 Å². The molecule has 3 N–H and O–H groups in total. The summed E-state index contributed by atoms with van der Waals surface area (Å²) in [6.45, 7) is 5.06. The van der Waals surface area contributed by atoms with Gasteiger partial charge >= 0.3 is 6.09 Å². The van der Waals surface area contributed by atoms with Crippen LogP contribution in [-0.4, -0.2) is 59.6 Å². The number of nitrogens with one attached hydrogen (secondary N) is 1. The Labute approximate surface area is 111 Å². The Bertz CT molecular complexity index is 370. The van der Waals surface area contributed by atoms with Crippen molar-refractivity contribution in [2.24, 2.45) is 17.3 Å². The van der Waals surface area contributed by atoms with Crippen molar-refractivity contribution >= 4 is 12.0 Å². The van der Waals surface area contributed by atoms with Gasteiger partial charge in [0.05, 0.1) is 0 Å². The summed E-state index contributed by atoms with van der Waals surface area (Å²) in [7, 11) is 0. The summed E-state index contributed by atoms with van der Waals surface area (Å²) in [4.78, 5) is 24.7. The summed E-state index contributed by atoms with van der Waals surface area (Å²) in [5.41, 5.74) is 0.342. The summed E-state index contributed by atoms with van der Waals surface area (Å²) in [6, 6.07) is 0. The number of alkyl carbamates (subject to hydrolysis) is 1. The molecule has 2 rings (SSSR count). The Morgan fingerprint density at radius 3 is 2.53 bits per heavy atom. The van der Waals surface area contributed by atoms with Crippen LogP contribution in [0.3, 0.4) is 0 Å². The number of hydrogen-bond donors (Lipinski definition) is 3. The van der Waals surface area contributed by atoms with Crippen LogP contribution >= 0.6 is 0 Å². The van der Waals surface area contributed by atoms with Crippen LogP contribution in [0.2, 0.25) is 0 Å². The molecule has 7 heteroatoms. The van der Waals surface area contributed by atoms with Crippen LogP contribution in [0.4, 0.5) is 4.79 Å². The quantitative estimate of drug-likeness (QED) is 0.578. The number of amides is 2. The predicted molar refractivity (Wildman–Crippen MR) is 64.9 cm³/mol. The maximum Gasteiger partial charge on any atom is 0.409 e. The maximum absolute atomic E-state index is 11.8. The number of carbonyl (C=O) groups is 2. The van der Waals surface area contributed by atoms with Crippen molar-refractivity contribution in [1.82, 2.24) is 10.2 Å². The van der Waals surface area contributed by atoms with Crippen LogP contribution in [-0.2, 0) is 9.53 Å². The van der Waals surface area contributed by atoms with Gasteiger partial charge in [0.1, 0.15) is 13.2 Å². The molecule has 0 aromatic heterocycles. The fourth-order valence-electron chi connectivity index (χ4n) is 2.80. The number of hydrogen-bond acceptors (Lipinski definition) is 5. The first-order chi connectivity index (χ1) is 8.86. The molecule has 108 valence electrons. The third-order valence-electron chi connectivity index (χ3n) is 4.26. The van der Waals surface area contributed by atoms with E-state index in [0.29, 0.717) is 17.3 Å². The van der Waals surface area contributed by atoms with E-state index in [0.717, 1.165) is 13.1 Å². The van der Waals surface area contributed by atoms with Crippen molar-refractivity contribution in [3.63, 3.8) is 0 Å². The Morgan fingerprint density at radius 1 is 1.42 bits per heavy atom. The van der Waals surface area contributed by atoms with Crippen molar-refractivity contribution < 1.29 is 24.5 Å². The zero-order valence-corrected chi connectivity index (χ0v) is 11.1. The second kappa shape index (κ2) is 4.97. The first-order valence-corrected chi connectivity index (χ1v) is 6.37. The molecule has 1 aliphatic carbocycles. The van der Waals surface area contributed by atoms with Crippen molar-refractivity contribution in [1.29, 1.82) is 0 Å². The molecule has 1 aliphatic heterocycles. The summed E-state index contributed by atoms with van der Waals surface area (Å²) >= 11 is 0. The van der Waals surface area contributed by atoms with Gasteiger partial charge in [-0.05, 0) is 17.3 Å². The van der Waals surface area contributed by atoms with E-state index in [1.54, 1.807) is 4.90 Å². The molecular formula is C12H20N2O5. The van der Waals surface area contributed by atoms with E-state index in [-0.39, 0.29) is 12.5 Å². The molecular weight excluding hydrogens is 252 g/mol. The lowest BCUT2D eigenvalue weighted by Gasteiger charge is -2.22. The topological polar surface area (TPSA) is 99.1 Å². The zero-order valence-electron chi connectivity index (χ0n) is 11.1. The fraction of sp³-hybridized carbons (Fsp3) is 0.833. The molecule has 0 aromatic carbocycles. The van der Waals surface area contributed by atoms with Crippen molar-refractivity contribution in [2.75, 3.05) is 26.2 Å². The van der Waals surface area contributed by atoms with E-state index in [1.165, 1.54) is 0 Å². The molecule has 3 unspecified atom stereocenters. The molecule has 0 bridgehead atoms. The van der Waals surface area contributed by atoms with Crippen LogP contribution in [0.5, 0.6) is 0 Å². The summed E-state index contributed by atoms with van der Waals surface area (Å²) < 4.78 is 4.36. The lowest BCUT2D eigenvalue weighted by atomic mass is 10.1. The molecule has 2 amide bonds. The fourth-order valence-corrected chi connectivity index (χ4v) is 2.80. The van der Waals surface area contributed by atoms with E-state index in [9.17, 15) is 9.59 Å². The Morgan fingerprint density at radius 2 is 2.00 bits per heavy atom. The van der Waals surface area contributed by atoms with Gasteiger partial charge in [-0.1, -0.05) is 13.8 Å². The van der Waals surface area contributed by atoms with Gasteiger partial charge in [-0.3, -0.25) is 4.79 Å². The first-order valence-electron chi connectivity index (χ1n) is 6.37. The van der Waals surface area contributed by atoms with Crippen LogP contribution in [0.15, 0.2) is 0 Å². The van der Waals surface area contributed by atoms with Crippen molar-refractivity contribution in [3.05, 3.63) is 0 Å². The number of aliphatic hydroxyl groups is 2. The monoisotopic (exact) mass is 272 g/mol. The smallest absolute Gasteiger partial charge is 0.409 e. The number of fused-ring (bicyclic) bond motifs is 1. The van der Waals surface area contributed by atoms with Gasteiger partial charge in [0.15, 0.2) is 0 Å². The number of piperidine rings is 1. The van der Waals surface area contributed by atoms with E-state index in [1.807, 2.05) is 0 Å². The molecule has 19 heavy (non-hydrogen) atoms. The SMILES string of the molecule is CC1(C)C2CN(C(=O)CNC(=O)OC(O)CO)CC21. The number of ether oxygens (including phenoxy) is 1. The molecule has 2 aliphatic rings. The second-order valence-corrected chi connectivity index (χ2v) is 5.73. The van der Waals surface area contributed by atoms with Crippen molar-refractivity contribution in [2.45, 2.75) is 20.1 Å². The first kappa shape index (κ1) is 14.1. The van der Waals surface area contributed by atoms with E-state index in [2.05, 4.69) is 23.9 Å². The van der Waals surface area contributed by atoms with E-state index >= 15 is 0 Å². The van der Waals surface area contributed by atoms with Gasteiger partial charge in [-0.25, -0.2) is 4.79 Å². The lowest BCUT2D eigenvalue weighted by molar-refractivity contribution is -0.130. The second-order valence-electron chi connectivity index (χ2n) is 5.73. The zero-order chi connectivity index (χ0) is 14.2. The number of rotatable bonds is 4. The number of likely N-dealkylation sites (tertiary alicyclic amines) is 1. The van der Waals surface area contributed by atoms with Crippen LogP contribution in [0.25, 0.3) is 0 Å². The van der Waals surface area contributed by atoms with Crippen LogP contribution in [0, 0.1) is 17.3 Å². The number of carbonyl (C=O) groups excluding carboxylic acids is 2. The highest BCUT2D eigenvalue weighted by atomic mass is 16.7. The standard InChI is InChI=1S/C12H20N2O5/c1-12(2)7-4-14(5-8(7)12)9(16)3-13-11(18)19-10(17)6-15/h7-8,10,15,17H,3-6H2,1-2H3,(H,13,18). The average Bonchev–Trinajstić information content (AvgIpc) is 2.76. The molecule has 7 nitrogen and oxygen atoms in total. The number of aliphatic hydroxyl groups excluding tert-OH is 2. The summed E-state index contributed by atoms with van der Waals surface area (Å²) in [5, 5.41) is 19.6. The molecule has 0 radical (unpaired) electrons. The van der Waals surface area contributed by atoms with Crippen molar-refractivity contribution in [3.8, 4) is 0 Å². The summed E-state index contributed by atoms with van der Waals surface area (Å²) in [6.07, 6.45) is -2.48. The van der Waals surface area contributed by atoms with Crippen LogP contribution < -0.4 is 5.32 Å². The van der Waals surface area contributed by atoms with Gasteiger partial charge in [0, 0.05) is 13.1 Å². The third kappa shape index (κ3) is 2.82. The molecule has 2 fully saturated rings. The van der Waals surface area contributed by atoms with Crippen LogP contribution in [0.1, 0.15) is 13.8 Å².